The highest BCUT2D eigenvalue weighted by Gasteiger charge is 2.50. The van der Waals surface area contributed by atoms with Gasteiger partial charge in [0.15, 0.2) is 23.8 Å². The minimum Gasteiger partial charge on any atom is -0.446 e. The Labute approximate surface area is 217 Å². The minimum absolute atomic E-state index is 0.0368. The van der Waals surface area contributed by atoms with Gasteiger partial charge in [0.1, 0.15) is 12.6 Å². The molecule has 1 fully saturated rings. The number of hydrogen-bond donors (Lipinski definition) is 2. The van der Waals surface area contributed by atoms with E-state index in [9.17, 15) is 19.5 Å². The molecule has 1 aromatic carbocycles. The van der Waals surface area contributed by atoms with Crippen LogP contribution in [0.3, 0.4) is 0 Å². The molecule has 12 heteroatoms. The molecule has 198 valence electrons. The molecule has 0 unspecified atom stereocenters. The van der Waals surface area contributed by atoms with Crippen molar-refractivity contribution in [2.24, 2.45) is 0 Å². The number of amides is 2. The van der Waals surface area contributed by atoms with Gasteiger partial charge >= 0.3 is 6.09 Å². The summed E-state index contributed by atoms with van der Waals surface area (Å²) in [5, 5.41) is 19.8. The van der Waals surface area contributed by atoms with Crippen LogP contribution in [0.15, 0.2) is 40.9 Å². The molecule has 0 saturated carbocycles. The predicted molar refractivity (Wildman–Crippen MR) is 128 cm³/mol. The standard InChI is InChI=1S/C24H30BrNO10/c1-32-21(22(29)26-17(15-35-23(26)30)16-6-3-2-4-7-16)20-18(28)14-19(25)24(31,36-20)8-5-10-33-12-13-34-11-9-27/h2-4,6-7,14,17,20-21,27,31H,5,8-13,15H2,1H3/t17-,20+,21+,24-/m1/s1. The van der Waals surface area contributed by atoms with Gasteiger partial charge in [0, 0.05) is 20.1 Å². The molecule has 2 aliphatic heterocycles. The van der Waals surface area contributed by atoms with Crippen molar-refractivity contribution in [3.63, 3.8) is 0 Å². The van der Waals surface area contributed by atoms with Crippen molar-refractivity contribution >= 4 is 33.7 Å². The maximum Gasteiger partial charge on any atom is 0.417 e. The number of methoxy groups -OCH3 is 1. The molecular formula is C24H30BrNO10. The maximum absolute atomic E-state index is 13.4. The highest BCUT2D eigenvalue weighted by molar-refractivity contribution is 9.11. The molecule has 3 rings (SSSR count). The van der Waals surface area contributed by atoms with Crippen molar-refractivity contribution in [2.45, 2.75) is 36.9 Å². The fourth-order valence-corrected chi connectivity index (χ4v) is 4.43. The predicted octanol–water partition coefficient (Wildman–Crippen LogP) is 1.46. The van der Waals surface area contributed by atoms with E-state index in [0.29, 0.717) is 25.2 Å². The Kier molecular flexibility index (Phi) is 10.5. The van der Waals surface area contributed by atoms with Crippen molar-refractivity contribution in [1.29, 1.82) is 0 Å². The topological polar surface area (TPSA) is 141 Å². The molecule has 1 aromatic rings. The van der Waals surface area contributed by atoms with E-state index >= 15 is 0 Å². The molecule has 0 bridgehead atoms. The summed E-state index contributed by atoms with van der Waals surface area (Å²) in [4.78, 5) is 39.6. The fourth-order valence-electron chi connectivity index (χ4n) is 3.91. The number of ketones is 1. The van der Waals surface area contributed by atoms with Crippen LogP contribution in [0.25, 0.3) is 0 Å². The smallest absolute Gasteiger partial charge is 0.417 e. The number of halogens is 1. The van der Waals surface area contributed by atoms with Crippen LogP contribution in [0.5, 0.6) is 0 Å². The Morgan fingerprint density at radius 3 is 2.56 bits per heavy atom. The van der Waals surface area contributed by atoms with E-state index in [4.69, 9.17) is 28.8 Å². The van der Waals surface area contributed by atoms with E-state index in [2.05, 4.69) is 15.9 Å². The first-order valence-electron chi connectivity index (χ1n) is 11.5. The molecule has 1 saturated heterocycles. The van der Waals surface area contributed by atoms with Crippen LogP contribution in [-0.4, -0.2) is 97.6 Å². The number of aliphatic hydroxyl groups is 2. The lowest BCUT2D eigenvalue weighted by Gasteiger charge is -2.38. The normalized spacial score (nSPS) is 25.0. The van der Waals surface area contributed by atoms with Crippen molar-refractivity contribution < 1.29 is 48.3 Å². The van der Waals surface area contributed by atoms with Crippen LogP contribution in [0.1, 0.15) is 24.4 Å². The number of cyclic esters (lactones) is 1. The number of benzene rings is 1. The number of hydrogen-bond acceptors (Lipinski definition) is 10. The number of ether oxygens (including phenoxy) is 5. The van der Waals surface area contributed by atoms with Gasteiger partial charge in [-0.15, -0.1) is 0 Å². The summed E-state index contributed by atoms with van der Waals surface area (Å²) >= 11 is 3.18. The van der Waals surface area contributed by atoms with Gasteiger partial charge in [0.2, 0.25) is 0 Å². The Bertz CT molecular complexity index is 942. The van der Waals surface area contributed by atoms with Crippen LogP contribution < -0.4 is 0 Å². The quantitative estimate of drug-likeness (QED) is 0.334. The average molecular weight is 572 g/mol. The lowest BCUT2D eigenvalue weighted by molar-refractivity contribution is -0.227. The second kappa shape index (κ2) is 13.4. The summed E-state index contributed by atoms with van der Waals surface area (Å²) in [5.74, 6) is -3.32. The molecule has 0 aromatic heterocycles. The lowest BCUT2D eigenvalue weighted by atomic mass is 9.99. The van der Waals surface area contributed by atoms with Gasteiger partial charge in [-0.05, 0) is 34.0 Å². The molecule has 2 heterocycles. The van der Waals surface area contributed by atoms with Gasteiger partial charge in [0.25, 0.3) is 5.91 Å². The third kappa shape index (κ3) is 6.76. The zero-order valence-electron chi connectivity index (χ0n) is 19.8. The number of nitrogens with zero attached hydrogens (tertiary/aromatic N) is 1. The summed E-state index contributed by atoms with van der Waals surface area (Å²) in [5.41, 5.74) is 0.684. The number of carbonyl (C=O) groups is 3. The van der Waals surface area contributed by atoms with Gasteiger partial charge in [-0.3, -0.25) is 9.59 Å². The number of aliphatic hydroxyl groups excluding tert-OH is 1. The monoisotopic (exact) mass is 571 g/mol. The first-order valence-corrected chi connectivity index (χ1v) is 12.3. The molecule has 2 aliphatic rings. The minimum atomic E-state index is -1.91. The van der Waals surface area contributed by atoms with Gasteiger partial charge in [-0.1, -0.05) is 30.3 Å². The van der Waals surface area contributed by atoms with E-state index < -0.39 is 41.8 Å². The average Bonchev–Trinajstić information content (AvgIpc) is 3.26. The Morgan fingerprint density at radius 2 is 1.89 bits per heavy atom. The van der Waals surface area contributed by atoms with Crippen molar-refractivity contribution in [3.8, 4) is 0 Å². The molecule has 11 nitrogen and oxygen atoms in total. The first kappa shape index (κ1) is 28.4. The zero-order valence-corrected chi connectivity index (χ0v) is 21.4. The lowest BCUT2D eigenvalue weighted by Crippen LogP contribution is -2.55. The van der Waals surface area contributed by atoms with Crippen LogP contribution in [0, 0.1) is 0 Å². The molecule has 2 amide bonds. The van der Waals surface area contributed by atoms with Crippen LogP contribution in [0.2, 0.25) is 0 Å². The summed E-state index contributed by atoms with van der Waals surface area (Å²) in [6.07, 6.45) is -2.29. The number of carbonyl (C=O) groups excluding carboxylic acids is 3. The van der Waals surface area contributed by atoms with E-state index in [0.717, 1.165) is 11.0 Å². The summed E-state index contributed by atoms with van der Waals surface area (Å²) in [6.45, 7) is 1.03. The summed E-state index contributed by atoms with van der Waals surface area (Å²) in [6, 6.07) is 8.18. The molecular weight excluding hydrogens is 542 g/mol. The second-order valence-electron chi connectivity index (χ2n) is 8.14. The molecule has 0 spiro atoms. The Balaban J connectivity index is 1.67. The van der Waals surface area contributed by atoms with E-state index in [-0.39, 0.29) is 37.3 Å². The van der Waals surface area contributed by atoms with Crippen LogP contribution in [0.4, 0.5) is 4.79 Å². The first-order chi connectivity index (χ1) is 17.3. The van der Waals surface area contributed by atoms with E-state index in [1.165, 1.54) is 7.11 Å². The highest BCUT2D eigenvalue weighted by atomic mass is 79.9. The van der Waals surface area contributed by atoms with Gasteiger partial charge in [-0.25, -0.2) is 9.69 Å². The van der Waals surface area contributed by atoms with Crippen LogP contribution in [-0.2, 0) is 33.3 Å². The molecule has 0 aliphatic carbocycles. The third-order valence-electron chi connectivity index (χ3n) is 5.72. The Hall–Kier alpha value is -2.19. The third-order valence-corrected chi connectivity index (χ3v) is 6.57. The maximum atomic E-state index is 13.4. The highest BCUT2D eigenvalue weighted by Crippen LogP contribution is 2.37. The van der Waals surface area contributed by atoms with Gasteiger partial charge in [0.05, 0.1) is 30.9 Å². The van der Waals surface area contributed by atoms with Crippen LogP contribution >= 0.6 is 15.9 Å². The van der Waals surface area contributed by atoms with Gasteiger partial charge in [-0.2, -0.15) is 0 Å². The molecule has 36 heavy (non-hydrogen) atoms. The zero-order chi connectivity index (χ0) is 26.1. The molecule has 2 N–H and O–H groups in total. The Morgan fingerprint density at radius 1 is 1.19 bits per heavy atom. The largest absolute Gasteiger partial charge is 0.446 e. The molecule has 4 atom stereocenters. The SMILES string of the molecule is CO[C@H](C(=O)N1C(=O)OC[C@@H]1c1ccccc1)[C@H]1O[C@](O)(CCCOCCOCCO)C(Br)=CC1=O. The van der Waals surface area contributed by atoms with E-state index in [1.54, 1.807) is 30.3 Å². The number of imide groups is 1. The summed E-state index contributed by atoms with van der Waals surface area (Å²) < 4.78 is 26.8. The van der Waals surface area contributed by atoms with E-state index in [1.807, 2.05) is 0 Å². The number of rotatable bonds is 13. The second-order valence-corrected chi connectivity index (χ2v) is 8.99. The van der Waals surface area contributed by atoms with Crippen molar-refractivity contribution in [2.75, 3.05) is 46.8 Å². The summed E-state index contributed by atoms with van der Waals surface area (Å²) in [7, 11) is 1.22. The fraction of sp³-hybridized carbons (Fsp3) is 0.542. The van der Waals surface area contributed by atoms with Gasteiger partial charge < -0.3 is 33.9 Å². The molecule has 0 radical (unpaired) electrons. The van der Waals surface area contributed by atoms with Crippen molar-refractivity contribution in [3.05, 3.63) is 46.5 Å². The van der Waals surface area contributed by atoms with Crippen molar-refractivity contribution in [1.82, 2.24) is 4.90 Å².